The molecule has 0 fully saturated rings. The Morgan fingerprint density at radius 3 is 2.55 bits per heavy atom. The number of halogens is 3. The van der Waals surface area contributed by atoms with Crippen molar-refractivity contribution in [2.75, 3.05) is 0 Å². The third-order valence-corrected chi connectivity index (χ3v) is 2.52. The average molecular weight is 313 g/mol. The normalized spacial score (nSPS) is 11.0. The standard InChI is InChI=1S/C13H10F3N3O3/c14-13(15,16)22-9-3-1-8(2-4-9)6-17-12(21)10-5-11(20)19-7-18-10/h1-5,7H,6H2,(H,17,21)(H,18,19,20). The summed E-state index contributed by atoms with van der Waals surface area (Å²) in [6, 6.07) is 6.08. The molecule has 0 unspecified atom stereocenters. The second-order valence-electron chi connectivity index (χ2n) is 4.17. The summed E-state index contributed by atoms with van der Waals surface area (Å²) < 4.78 is 39.7. The summed E-state index contributed by atoms with van der Waals surface area (Å²) in [4.78, 5) is 28.7. The summed E-state index contributed by atoms with van der Waals surface area (Å²) in [5.41, 5.74) is 0.0438. The third kappa shape index (κ3) is 4.62. The van der Waals surface area contributed by atoms with Gasteiger partial charge in [0.1, 0.15) is 11.4 Å². The van der Waals surface area contributed by atoms with Gasteiger partial charge in [-0.05, 0) is 17.7 Å². The Balaban J connectivity index is 1.94. The number of alkyl halides is 3. The number of nitrogens with zero attached hydrogens (tertiary/aromatic N) is 1. The molecule has 0 spiro atoms. The lowest BCUT2D eigenvalue weighted by atomic mass is 10.2. The van der Waals surface area contributed by atoms with E-state index in [1.807, 2.05) is 0 Å². The molecular formula is C13H10F3N3O3. The summed E-state index contributed by atoms with van der Waals surface area (Å²) in [6.45, 7) is 0.0691. The van der Waals surface area contributed by atoms with Crippen molar-refractivity contribution in [2.45, 2.75) is 12.9 Å². The molecule has 2 aromatic rings. The Morgan fingerprint density at radius 1 is 1.27 bits per heavy atom. The summed E-state index contributed by atoms with van der Waals surface area (Å²) in [6.07, 6.45) is -3.65. The van der Waals surface area contributed by atoms with Gasteiger partial charge in [-0.2, -0.15) is 0 Å². The Kier molecular flexibility index (Phi) is 4.44. The van der Waals surface area contributed by atoms with Crippen molar-refractivity contribution < 1.29 is 22.7 Å². The maximum absolute atomic E-state index is 12.0. The fourth-order valence-corrected chi connectivity index (χ4v) is 1.57. The number of aromatic amines is 1. The van der Waals surface area contributed by atoms with E-state index in [-0.39, 0.29) is 18.0 Å². The molecule has 1 aromatic heterocycles. The van der Waals surface area contributed by atoms with Gasteiger partial charge in [-0.1, -0.05) is 12.1 Å². The maximum Gasteiger partial charge on any atom is 0.573 e. The number of rotatable bonds is 4. The average Bonchev–Trinajstić information content (AvgIpc) is 2.44. The van der Waals surface area contributed by atoms with Gasteiger partial charge in [0.2, 0.25) is 0 Å². The van der Waals surface area contributed by atoms with Crippen molar-refractivity contribution in [2.24, 2.45) is 0 Å². The predicted octanol–water partition coefficient (Wildman–Crippen LogP) is 1.60. The van der Waals surface area contributed by atoms with Crippen molar-refractivity contribution in [3.63, 3.8) is 0 Å². The van der Waals surface area contributed by atoms with Crippen LogP contribution in [0, 0.1) is 0 Å². The molecule has 0 saturated heterocycles. The molecule has 0 atom stereocenters. The highest BCUT2D eigenvalue weighted by Gasteiger charge is 2.30. The fraction of sp³-hybridized carbons (Fsp3) is 0.154. The van der Waals surface area contributed by atoms with E-state index >= 15 is 0 Å². The zero-order chi connectivity index (χ0) is 16.2. The number of benzene rings is 1. The Labute approximate surface area is 122 Å². The van der Waals surface area contributed by atoms with Crippen LogP contribution >= 0.6 is 0 Å². The lowest BCUT2D eigenvalue weighted by Gasteiger charge is -2.09. The summed E-state index contributed by atoms with van der Waals surface area (Å²) >= 11 is 0. The highest BCUT2D eigenvalue weighted by atomic mass is 19.4. The molecule has 22 heavy (non-hydrogen) atoms. The highest BCUT2D eigenvalue weighted by Crippen LogP contribution is 2.22. The minimum Gasteiger partial charge on any atom is -0.406 e. The fourth-order valence-electron chi connectivity index (χ4n) is 1.57. The molecular weight excluding hydrogens is 303 g/mol. The largest absolute Gasteiger partial charge is 0.573 e. The number of amides is 1. The molecule has 1 aromatic carbocycles. The number of hydrogen-bond acceptors (Lipinski definition) is 4. The number of nitrogens with one attached hydrogen (secondary N) is 2. The van der Waals surface area contributed by atoms with Crippen LogP contribution in [0.5, 0.6) is 5.75 Å². The van der Waals surface area contributed by atoms with E-state index in [2.05, 4.69) is 20.0 Å². The minimum absolute atomic E-state index is 0.0548. The van der Waals surface area contributed by atoms with Gasteiger partial charge in [0.15, 0.2) is 0 Å². The molecule has 2 N–H and O–H groups in total. The first kappa shape index (κ1) is 15.5. The molecule has 0 aliphatic carbocycles. The number of ether oxygens (including phenoxy) is 1. The van der Waals surface area contributed by atoms with Crippen LogP contribution in [0.3, 0.4) is 0 Å². The molecule has 6 nitrogen and oxygen atoms in total. The molecule has 1 heterocycles. The Morgan fingerprint density at radius 2 is 1.95 bits per heavy atom. The van der Waals surface area contributed by atoms with Gasteiger partial charge in [0.05, 0.1) is 6.33 Å². The molecule has 0 radical (unpaired) electrons. The van der Waals surface area contributed by atoms with Gasteiger partial charge in [-0.15, -0.1) is 13.2 Å². The lowest BCUT2D eigenvalue weighted by molar-refractivity contribution is -0.274. The zero-order valence-corrected chi connectivity index (χ0v) is 11.0. The predicted molar refractivity (Wildman–Crippen MR) is 69.2 cm³/mol. The second-order valence-corrected chi connectivity index (χ2v) is 4.17. The van der Waals surface area contributed by atoms with Crippen molar-refractivity contribution >= 4 is 5.91 Å². The van der Waals surface area contributed by atoms with Gasteiger partial charge in [-0.25, -0.2) is 4.98 Å². The molecule has 116 valence electrons. The number of H-pyrrole nitrogens is 1. The van der Waals surface area contributed by atoms with E-state index < -0.39 is 17.8 Å². The Bertz CT molecular complexity index is 711. The monoisotopic (exact) mass is 313 g/mol. The van der Waals surface area contributed by atoms with Gasteiger partial charge in [0.25, 0.3) is 11.5 Å². The van der Waals surface area contributed by atoms with E-state index in [1.54, 1.807) is 0 Å². The number of carbonyl (C=O) groups excluding carboxylic acids is 1. The second kappa shape index (κ2) is 6.29. The minimum atomic E-state index is -4.75. The van der Waals surface area contributed by atoms with E-state index in [1.165, 1.54) is 12.1 Å². The van der Waals surface area contributed by atoms with E-state index in [9.17, 15) is 22.8 Å². The van der Waals surface area contributed by atoms with Crippen LogP contribution in [-0.4, -0.2) is 22.2 Å². The van der Waals surface area contributed by atoms with Crippen LogP contribution in [0.4, 0.5) is 13.2 Å². The van der Waals surface area contributed by atoms with Crippen LogP contribution in [0.2, 0.25) is 0 Å². The maximum atomic E-state index is 12.0. The molecule has 1 amide bonds. The van der Waals surface area contributed by atoms with Gasteiger partial charge in [0, 0.05) is 12.6 Å². The van der Waals surface area contributed by atoms with Gasteiger partial charge >= 0.3 is 6.36 Å². The van der Waals surface area contributed by atoms with Crippen LogP contribution < -0.4 is 15.6 Å². The van der Waals surface area contributed by atoms with Crippen LogP contribution in [-0.2, 0) is 6.54 Å². The summed E-state index contributed by atoms with van der Waals surface area (Å²) in [5.74, 6) is -0.916. The smallest absolute Gasteiger partial charge is 0.406 e. The van der Waals surface area contributed by atoms with Crippen LogP contribution in [0.1, 0.15) is 16.1 Å². The topological polar surface area (TPSA) is 84.1 Å². The van der Waals surface area contributed by atoms with Crippen LogP contribution in [0.25, 0.3) is 0 Å². The Hall–Kier alpha value is -2.84. The zero-order valence-electron chi connectivity index (χ0n) is 11.0. The lowest BCUT2D eigenvalue weighted by Crippen LogP contribution is -2.25. The molecule has 0 aliphatic heterocycles. The van der Waals surface area contributed by atoms with Crippen LogP contribution in [0.15, 0.2) is 41.5 Å². The van der Waals surface area contributed by atoms with Crippen molar-refractivity contribution in [3.05, 3.63) is 58.3 Å². The van der Waals surface area contributed by atoms with Crippen molar-refractivity contribution in [1.82, 2.24) is 15.3 Å². The molecule has 9 heteroatoms. The summed E-state index contributed by atoms with van der Waals surface area (Å²) in [5, 5.41) is 2.49. The number of carbonyl (C=O) groups is 1. The van der Waals surface area contributed by atoms with Crippen molar-refractivity contribution in [3.8, 4) is 5.75 Å². The molecule has 0 bridgehead atoms. The van der Waals surface area contributed by atoms with E-state index in [0.717, 1.165) is 24.5 Å². The van der Waals surface area contributed by atoms with Gasteiger partial charge in [-0.3, -0.25) is 9.59 Å². The number of aromatic nitrogens is 2. The van der Waals surface area contributed by atoms with Gasteiger partial charge < -0.3 is 15.0 Å². The summed E-state index contributed by atoms with van der Waals surface area (Å²) in [7, 11) is 0. The SMILES string of the molecule is O=C(NCc1ccc(OC(F)(F)F)cc1)c1cc(=O)[nH]cn1. The quantitative estimate of drug-likeness (QED) is 0.898. The number of hydrogen-bond donors (Lipinski definition) is 2. The molecule has 2 rings (SSSR count). The third-order valence-electron chi connectivity index (χ3n) is 2.52. The first-order chi connectivity index (χ1) is 10.3. The first-order valence-corrected chi connectivity index (χ1v) is 6.01. The molecule has 0 aliphatic rings. The molecule has 0 saturated carbocycles. The first-order valence-electron chi connectivity index (χ1n) is 6.01. The van der Waals surface area contributed by atoms with E-state index in [4.69, 9.17) is 0 Å². The van der Waals surface area contributed by atoms with Crippen molar-refractivity contribution in [1.29, 1.82) is 0 Å². The van der Waals surface area contributed by atoms with E-state index in [0.29, 0.717) is 5.56 Å². The highest BCUT2D eigenvalue weighted by molar-refractivity contribution is 5.91.